The van der Waals surface area contributed by atoms with E-state index in [4.69, 9.17) is 23.2 Å². The van der Waals surface area contributed by atoms with E-state index in [1.54, 1.807) is 0 Å². The number of halogens is 3. The quantitative estimate of drug-likeness (QED) is 0.855. The molecule has 4 nitrogen and oxygen atoms in total. The van der Waals surface area contributed by atoms with Gasteiger partial charge in [-0.2, -0.15) is 0 Å². The van der Waals surface area contributed by atoms with E-state index in [0.717, 1.165) is 13.0 Å². The van der Waals surface area contributed by atoms with E-state index in [0.29, 0.717) is 11.0 Å². The minimum Gasteiger partial charge on any atom is -0.315 e. The van der Waals surface area contributed by atoms with Crippen molar-refractivity contribution < 1.29 is 8.42 Å². The molecule has 1 aromatic rings. The number of rotatable bonds is 3. The van der Waals surface area contributed by atoms with Crippen molar-refractivity contribution in [1.82, 2.24) is 10.0 Å². The van der Waals surface area contributed by atoms with Gasteiger partial charge in [-0.3, -0.25) is 0 Å². The molecule has 1 heterocycles. The van der Waals surface area contributed by atoms with Gasteiger partial charge in [-0.15, -0.1) is 0 Å². The van der Waals surface area contributed by atoms with Gasteiger partial charge in [0.1, 0.15) is 4.90 Å². The summed E-state index contributed by atoms with van der Waals surface area (Å²) in [5.74, 6) is 0. The lowest BCUT2D eigenvalue weighted by Crippen LogP contribution is -2.36. The normalized spacial score (nSPS) is 20.3. The third-order valence-corrected chi connectivity index (χ3v) is 5.51. The van der Waals surface area contributed by atoms with E-state index in [1.807, 2.05) is 0 Å². The third kappa shape index (κ3) is 3.18. The van der Waals surface area contributed by atoms with Crippen molar-refractivity contribution in [2.24, 2.45) is 0 Å². The second-order valence-electron chi connectivity index (χ2n) is 4.01. The Morgan fingerprint density at radius 1 is 1.33 bits per heavy atom. The van der Waals surface area contributed by atoms with Gasteiger partial charge in [0, 0.05) is 17.1 Å². The molecular formula is C10H11BrCl2N2O2S. The van der Waals surface area contributed by atoms with Crippen molar-refractivity contribution >= 4 is 49.2 Å². The van der Waals surface area contributed by atoms with Gasteiger partial charge in [0.25, 0.3) is 0 Å². The standard InChI is InChI=1S/C10H11BrCl2N2O2S/c11-6-3-8(12)10(9(13)4-6)18(16,17)15-7-1-2-14-5-7/h3-4,7,14-15H,1-2,5H2/t7-/m0/s1. The Bertz CT molecular complexity index is 536. The molecule has 0 aliphatic carbocycles. The fraction of sp³-hybridized carbons (Fsp3) is 0.400. The topological polar surface area (TPSA) is 58.2 Å². The maximum absolute atomic E-state index is 12.2. The fourth-order valence-electron chi connectivity index (χ4n) is 1.82. The van der Waals surface area contributed by atoms with Crippen LogP contribution in [0.3, 0.4) is 0 Å². The molecule has 0 radical (unpaired) electrons. The third-order valence-electron chi connectivity index (χ3n) is 2.61. The first-order valence-electron chi connectivity index (χ1n) is 5.28. The molecule has 1 fully saturated rings. The van der Waals surface area contributed by atoms with Gasteiger partial charge in [-0.1, -0.05) is 39.1 Å². The van der Waals surface area contributed by atoms with Crippen molar-refractivity contribution in [3.05, 3.63) is 26.7 Å². The SMILES string of the molecule is O=S(=O)(N[C@H]1CCNC1)c1c(Cl)cc(Br)cc1Cl. The van der Waals surface area contributed by atoms with Crippen molar-refractivity contribution in [2.45, 2.75) is 17.4 Å². The molecule has 0 aromatic heterocycles. The molecule has 18 heavy (non-hydrogen) atoms. The van der Waals surface area contributed by atoms with Crippen LogP contribution in [-0.4, -0.2) is 27.5 Å². The van der Waals surface area contributed by atoms with Gasteiger partial charge in [-0.25, -0.2) is 13.1 Å². The first kappa shape index (κ1) is 14.6. The van der Waals surface area contributed by atoms with Crippen LogP contribution >= 0.6 is 39.1 Å². The minimum atomic E-state index is -3.70. The average Bonchev–Trinajstić information content (AvgIpc) is 2.66. The highest BCUT2D eigenvalue weighted by atomic mass is 79.9. The predicted octanol–water partition coefficient (Wildman–Crippen LogP) is 2.40. The largest absolute Gasteiger partial charge is 0.315 e. The van der Waals surface area contributed by atoms with Crippen molar-refractivity contribution in [3.8, 4) is 0 Å². The van der Waals surface area contributed by atoms with Gasteiger partial charge in [-0.05, 0) is 25.1 Å². The zero-order chi connectivity index (χ0) is 13.3. The fourth-order valence-corrected chi connectivity index (χ4v) is 5.03. The Kier molecular flexibility index (Phi) is 4.57. The summed E-state index contributed by atoms with van der Waals surface area (Å²) in [7, 11) is -3.70. The summed E-state index contributed by atoms with van der Waals surface area (Å²) in [6, 6.07) is 2.90. The molecule has 1 aromatic carbocycles. The monoisotopic (exact) mass is 372 g/mol. The van der Waals surface area contributed by atoms with E-state index in [-0.39, 0.29) is 21.0 Å². The van der Waals surface area contributed by atoms with E-state index >= 15 is 0 Å². The highest BCUT2D eigenvalue weighted by molar-refractivity contribution is 9.10. The molecule has 0 unspecified atom stereocenters. The minimum absolute atomic E-state index is 0.0686. The number of hydrogen-bond donors (Lipinski definition) is 2. The van der Waals surface area contributed by atoms with Gasteiger partial charge in [0.2, 0.25) is 10.0 Å². The molecule has 2 N–H and O–H groups in total. The first-order chi connectivity index (χ1) is 8.40. The smallest absolute Gasteiger partial charge is 0.243 e. The average molecular weight is 374 g/mol. The van der Waals surface area contributed by atoms with E-state index in [9.17, 15) is 8.42 Å². The highest BCUT2D eigenvalue weighted by Gasteiger charge is 2.27. The zero-order valence-electron chi connectivity index (χ0n) is 9.21. The predicted molar refractivity (Wildman–Crippen MR) is 75.8 cm³/mol. The molecule has 0 amide bonds. The summed E-state index contributed by atoms with van der Waals surface area (Å²) in [5, 5.41) is 3.29. The Morgan fingerprint density at radius 3 is 2.44 bits per heavy atom. The lowest BCUT2D eigenvalue weighted by molar-refractivity contribution is 0.560. The van der Waals surface area contributed by atoms with Crippen LogP contribution in [-0.2, 0) is 10.0 Å². The Morgan fingerprint density at radius 2 is 1.94 bits per heavy atom. The Hall–Kier alpha value is 0.150. The molecule has 2 rings (SSSR count). The summed E-state index contributed by atoms with van der Waals surface area (Å²) < 4.78 is 27.7. The molecule has 0 bridgehead atoms. The van der Waals surface area contributed by atoms with Crippen molar-refractivity contribution in [2.75, 3.05) is 13.1 Å². The summed E-state index contributed by atoms with van der Waals surface area (Å²) in [4.78, 5) is -0.0686. The molecular weight excluding hydrogens is 363 g/mol. The van der Waals surface area contributed by atoms with Crippen LogP contribution in [0.2, 0.25) is 10.0 Å². The molecule has 1 saturated heterocycles. The summed E-state index contributed by atoms with van der Waals surface area (Å²) in [6.07, 6.45) is 0.755. The van der Waals surface area contributed by atoms with E-state index in [1.165, 1.54) is 12.1 Å². The van der Waals surface area contributed by atoms with E-state index in [2.05, 4.69) is 26.0 Å². The zero-order valence-corrected chi connectivity index (χ0v) is 13.1. The number of hydrogen-bond acceptors (Lipinski definition) is 3. The Balaban J connectivity index is 2.34. The molecule has 1 atom stereocenters. The number of benzene rings is 1. The maximum Gasteiger partial charge on any atom is 0.243 e. The van der Waals surface area contributed by atoms with Gasteiger partial charge in [0.05, 0.1) is 10.0 Å². The van der Waals surface area contributed by atoms with Crippen LogP contribution in [0.5, 0.6) is 0 Å². The maximum atomic E-state index is 12.2. The van der Waals surface area contributed by atoms with Gasteiger partial charge in [0.15, 0.2) is 0 Å². The van der Waals surface area contributed by atoms with Crippen LogP contribution in [0, 0.1) is 0 Å². The summed E-state index contributed by atoms with van der Waals surface area (Å²) >= 11 is 15.1. The molecule has 1 aliphatic rings. The lowest BCUT2D eigenvalue weighted by atomic mass is 10.3. The summed E-state index contributed by atoms with van der Waals surface area (Å²) in [5.41, 5.74) is 0. The first-order valence-corrected chi connectivity index (χ1v) is 8.31. The van der Waals surface area contributed by atoms with Gasteiger partial charge >= 0.3 is 0 Å². The van der Waals surface area contributed by atoms with E-state index < -0.39 is 10.0 Å². The molecule has 1 aliphatic heterocycles. The van der Waals surface area contributed by atoms with Crippen LogP contribution in [0.15, 0.2) is 21.5 Å². The second kappa shape index (κ2) is 5.64. The van der Waals surface area contributed by atoms with Crippen LogP contribution < -0.4 is 10.0 Å². The molecule has 8 heteroatoms. The number of nitrogens with one attached hydrogen (secondary N) is 2. The van der Waals surface area contributed by atoms with Crippen LogP contribution in [0.25, 0.3) is 0 Å². The molecule has 100 valence electrons. The second-order valence-corrected chi connectivity index (χ2v) is 7.39. The Labute approximate surface area is 124 Å². The number of sulfonamides is 1. The molecule has 0 saturated carbocycles. The van der Waals surface area contributed by atoms with Gasteiger partial charge < -0.3 is 5.32 Å². The van der Waals surface area contributed by atoms with Crippen LogP contribution in [0.1, 0.15) is 6.42 Å². The van der Waals surface area contributed by atoms with Crippen molar-refractivity contribution in [1.29, 1.82) is 0 Å². The summed E-state index contributed by atoms with van der Waals surface area (Å²) in [6.45, 7) is 1.42. The highest BCUT2D eigenvalue weighted by Crippen LogP contribution is 2.32. The van der Waals surface area contributed by atoms with Crippen molar-refractivity contribution in [3.63, 3.8) is 0 Å². The lowest BCUT2D eigenvalue weighted by Gasteiger charge is -2.14. The van der Waals surface area contributed by atoms with Crippen LogP contribution in [0.4, 0.5) is 0 Å². The molecule has 0 spiro atoms.